The fourth-order valence-corrected chi connectivity index (χ4v) is 1.54. The maximum Gasteiger partial charge on any atom is 0.161 e. The van der Waals surface area contributed by atoms with Crippen molar-refractivity contribution in [3.05, 3.63) is 0 Å². The van der Waals surface area contributed by atoms with Crippen LogP contribution < -0.4 is 0 Å². The van der Waals surface area contributed by atoms with E-state index in [2.05, 4.69) is 6.07 Å². The molecule has 68 valence electrons. The van der Waals surface area contributed by atoms with Gasteiger partial charge in [-0.1, -0.05) is 6.92 Å². The summed E-state index contributed by atoms with van der Waals surface area (Å²) in [6.45, 7) is 5.78. The van der Waals surface area contributed by atoms with Crippen molar-refractivity contribution in [2.75, 3.05) is 19.8 Å². The van der Waals surface area contributed by atoms with Gasteiger partial charge in [0.25, 0.3) is 0 Å². The van der Waals surface area contributed by atoms with Gasteiger partial charge >= 0.3 is 0 Å². The number of nitriles is 1. The first-order valence-electron chi connectivity index (χ1n) is 4.38. The molecule has 0 amide bonds. The van der Waals surface area contributed by atoms with Gasteiger partial charge in [0.15, 0.2) is 5.60 Å². The van der Waals surface area contributed by atoms with Gasteiger partial charge in [0.1, 0.15) is 0 Å². The van der Waals surface area contributed by atoms with Gasteiger partial charge < -0.3 is 9.47 Å². The molecule has 0 aromatic heterocycles. The summed E-state index contributed by atoms with van der Waals surface area (Å²) in [6.07, 6.45) is 0.693. The number of hydrogen-bond donors (Lipinski definition) is 0. The normalized spacial score (nSPS) is 35.9. The Morgan fingerprint density at radius 1 is 1.75 bits per heavy atom. The van der Waals surface area contributed by atoms with Crippen LogP contribution in [0.5, 0.6) is 0 Å². The van der Waals surface area contributed by atoms with Gasteiger partial charge in [0.2, 0.25) is 0 Å². The van der Waals surface area contributed by atoms with Crippen molar-refractivity contribution in [3.63, 3.8) is 0 Å². The standard InChI is InChI=1S/C9H15NO2/c1-3-12-9(7-10)4-5-11-6-8(9)2/h8H,3-6H2,1-2H3. The highest BCUT2D eigenvalue weighted by atomic mass is 16.5. The zero-order valence-electron chi connectivity index (χ0n) is 7.67. The van der Waals surface area contributed by atoms with Crippen molar-refractivity contribution in [1.82, 2.24) is 0 Å². The third kappa shape index (κ3) is 1.60. The first-order chi connectivity index (χ1) is 5.75. The molecule has 1 fully saturated rings. The summed E-state index contributed by atoms with van der Waals surface area (Å²) in [5, 5.41) is 9.01. The van der Waals surface area contributed by atoms with Crippen molar-refractivity contribution < 1.29 is 9.47 Å². The average molecular weight is 169 g/mol. The predicted molar refractivity (Wildman–Crippen MR) is 44.6 cm³/mol. The lowest BCUT2D eigenvalue weighted by molar-refractivity contribution is -0.109. The minimum atomic E-state index is -0.590. The molecule has 3 heteroatoms. The Labute approximate surface area is 73.3 Å². The first kappa shape index (κ1) is 9.50. The topological polar surface area (TPSA) is 42.2 Å². The Morgan fingerprint density at radius 3 is 3.00 bits per heavy atom. The first-order valence-corrected chi connectivity index (χ1v) is 4.38. The summed E-state index contributed by atoms with van der Waals surface area (Å²) < 4.78 is 10.7. The van der Waals surface area contributed by atoms with E-state index >= 15 is 0 Å². The van der Waals surface area contributed by atoms with Crippen molar-refractivity contribution >= 4 is 0 Å². The Hall–Kier alpha value is -0.590. The molecule has 2 unspecified atom stereocenters. The number of ether oxygens (including phenoxy) is 2. The maximum absolute atomic E-state index is 9.01. The van der Waals surface area contributed by atoms with E-state index in [1.807, 2.05) is 13.8 Å². The molecule has 12 heavy (non-hydrogen) atoms. The average Bonchev–Trinajstić information content (AvgIpc) is 2.10. The molecule has 0 bridgehead atoms. The second-order valence-electron chi connectivity index (χ2n) is 3.16. The molecule has 0 spiro atoms. The SMILES string of the molecule is CCOC1(C#N)CCOCC1C. The Bertz CT molecular complexity index is 183. The van der Waals surface area contributed by atoms with Gasteiger partial charge in [-0.25, -0.2) is 0 Å². The van der Waals surface area contributed by atoms with E-state index in [-0.39, 0.29) is 5.92 Å². The lowest BCUT2D eigenvalue weighted by Gasteiger charge is -2.36. The zero-order chi connectivity index (χ0) is 9.03. The van der Waals surface area contributed by atoms with Gasteiger partial charge in [-0.05, 0) is 6.92 Å². The van der Waals surface area contributed by atoms with Crippen LogP contribution in [-0.2, 0) is 9.47 Å². The van der Waals surface area contributed by atoms with Crippen LogP contribution in [0.2, 0.25) is 0 Å². The van der Waals surface area contributed by atoms with Gasteiger partial charge in [-0.3, -0.25) is 0 Å². The molecular weight excluding hydrogens is 154 g/mol. The molecule has 1 heterocycles. The monoisotopic (exact) mass is 169 g/mol. The van der Waals surface area contributed by atoms with Crippen molar-refractivity contribution in [2.45, 2.75) is 25.9 Å². The lowest BCUT2D eigenvalue weighted by atomic mass is 9.86. The molecule has 0 saturated carbocycles. The highest BCUT2D eigenvalue weighted by Gasteiger charge is 2.39. The highest BCUT2D eigenvalue weighted by molar-refractivity contribution is 5.06. The number of nitrogens with zero attached hydrogens (tertiary/aromatic N) is 1. The van der Waals surface area contributed by atoms with Crippen LogP contribution in [0.3, 0.4) is 0 Å². The second kappa shape index (κ2) is 3.88. The number of rotatable bonds is 2. The smallest absolute Gasteiger partial charge is 0.161 e. The van der Waals surface area contributed by atoms with Crippen LogP contribution in [0.15, 0.2) is 0 Å². The molecule has 1 saturated heterocycles. The maximum atomic E-state index is 9.01. The Balaban J connectivity index is 2.68. The third-order valence-corrected chi connectivity index (χ3v) is 2.37. The minimum Gasteiger partial charge on any atom is -0.381 e. The van der Waals surface area contributed by atoms with Crippen LogP contribution in [0, 0.1) is 17.2 Å². The van der Waals surface area contributed by atoms with Crippen molar-refractivity contribution in [2.24, 2.45) is 5.92 Å². The molecule has 2 atom stereocenters. The molecular formula is C9H15NO2. The second-order valence-corrected chi connectivity index (χ2v) is 3.16. The van der Waals surface area contributed by atoms with E-state index in [4.69, 9.17) is 14.7 Å². The summed E-state index contributed by atoms with van der Waals surface area (Å²) in [5.41, 5.74) is -0.590. The summed E-state index contributed by atoms with van der Waals surface area (Å²) in [4.78, 5) is 0. The summed E-state index contributed by atoms with van der Waals surface area (Å²) in [6, 6.07) is 2.27. The molecule has 0 aliphatic carbocycles. The quantitative estimate of drug-likeness (QED) is 0.626. The van der Waals surface area contributed by atoms with Gasteiger partial charge in [0.05, 0.1) is 19.3 Å². The third-order valence-electron chi connectivity index (χ3n) is 2.37. The van der Waals surface area contributed by atoms with Gasteiger partial charge in [-0.2, -0.15) is 5.26 Å². The molecule has 1 aliphatic heterocycles. The fourth-order valence-electron chi connectivity index (χ4n) is 1.54. The van der Waals surface area contributed by atoms with Crippen LogP contribution >= 0.6 is 0 Å². The fraction of sp³-hybridized carbons (Fsp3) is 0.889. The van der Waals surface area contributed by atoms with Gasteiger partial charge in [-0.15, -0.1) is 0 Å². The summed E-state index contributed by atoms with van der Waals surface area (Å²) in [7, 11) is 0. The van der Waals surface area contributed by atoms with E-state index in [1.165, 1.54) is 0 Å². The van der Waals surface area contributed by atoms with Crippen molar-refractivity contribution in [1.29, 1.82) is 5.26 Å². The van der Waals surface area contributed by atoms with E-state index in [1.54, 1.807) is 0 Å². The predicted octanol–water partition coefficient (Wildman–Crippen LogP) is 1.34. The zero-order valence-corrected chi connectivity index (χ0v) is 7.67. The Kier molecular flexibility index (Phi) is 3.07. The molecule has 3 nitrogen and oxygen atoms in total. The highest BCUT2D eigenvalue weighted by Crippen LogP contribution is 2.29. The molecule has 0 N–H and O–H groups in total. The van der Waals surface area contributed by atoms with E-state index in [9.17, 15) is 0 Å². The largest absolute Gasteiger partial charge is 0.381 e. The summed E-state index contributed by atoms with van der Waals surface area (Å²) >= 11 is 0. The van der Waals surface area contributed by atoms with Crippen LogP contribution in [-0.4, -0.2) is 25.4 Å². The molecule has 0 aromatic carbocycles. The van der Waals surface area contributed by atoms with Crippen LogP contribution in [0.4, 0.5) is 0 Å². The molecule has 0 radical (unpaired) electrons. The lowest BCUT2D eigenvalue weighted by Crippen LogP contribution is -2.45. The molecule has 0 aromatic rings. The van der Waals surface area contributed by atoms with Crippen LogP contribution in [0.25, 0.3) is 0 Å². The van der Waals surface area contributed by atoms with Crippen LogP contribution in [0.1, 0.15) is 20.3 Å². The van der Waals surface area contributed by atoms with E-state index in [0.29, 0.717) is 26.2 Å². The van der Waals surface area contributed by atoms with Gasteiger partial charge in [0, 0.05) is 18.9 Å². The minimum absolute atomic E-state index is 0.177. The molecule has 1 rings (SSSR count). The van der Waals surface area contributed by atoms with Crippen molar-refractivity contribution in [3.8, 4) is 6.07 Å². The Morgan fingerprint density at radius 2 is 2.50 bits per heavy atom. The number of hydrogen-bond acceptors (Lipinski definition) is 3. The van der Waals surface area contributed by atoms with E-state index < -0.39 is 5.60 Å². The summed E-state index contributed by atoms with van der Waals surface area (Å²) in [5.74, 6) is 0.177. The van der Waals surface area contributed by atoms with E-state index in [0.717, 1.165) is 0 Å². The molecule has 1 aliphatic rings.